The van der Waals surface area contributed by atoms with Gasteiger partial charge in [-0.3, -0.25) is 0 Å². The smallest absolute Gasteiger partial charge is 0.249 e. The molecule has 1 aromatic heterocycles. The van der Waals surface area contributed by atoms with Crippen LogP contribution in [-0.4, -0.2) is 37.7 Å². The molecule has 0 fully saturated rings. The average molecular weight is 330 g/mol. The zero-order valence-corrected chi connectivity index (χ0v) is 14.1. The molecule has 0 aromatic carbocycles. The molecule has 118 valence electrons. The Morgan fingerprint density at radius 3 is 2.81 bits per heavy atom. The van der Waals surface area contributed by atoms with E-state index >= 15 is 0 Å². The van der Waals surface area contributed by atoms with Crippen molar-refractivity contribution in [3.63, 3.8) is 0 Å². The number of sulfonamides is 1. The first-order chi connectivity index (χ1) is 9.93. The lowest BCUT2D eigenvalue weighted by atomic mass is 9.97. The molecule has 0 atom stereocenters. The van der Waals surface area contributed by atoms with Crippen molar-refractivity contribution in [3.05, 3.63) is 11.6 Å². The van der Waals surface area contributed by atoms with Crippen molar-refractivity contribution >= 4 is 32.4 Å². The normalized spacial score (nSPS) is 16.0. The first-order valence-electron chi connectivity index (χ1n) is 7.02. The van der Waals surface area contributed by atoms with Gasteiger partial charge in [0.2, 0.25) is 10.0 Å². The van der Waals surface area contributed by atoms with Gasteiger partial charge in [-0.25, -0.2) is 12.7 Å². The highest BCUT2D eigenvalue weighted by molar-refractivity contribution is 7.89. The van der Waals surface area contributed by atoms with E-state index in [1.54, 1.807) is 0 Å². The van der Waals surface area contributed by atoms with Gasteiger partial charge in [-0.1, -0.05) is 11.6 Å². The zero-order chi connectivity index (χ0) is 15.5. The summed E-state index contributed by atoms with van der Waals surface area (Å²) in [6.07, 6.45) is 8.05. The molecule has 0 amide bonds. The number of anilines is 2. The third kappa shape index (κ3) is 3.75. The van der Waals surface area contributed by atoms with Crippen LogP contribution in [-0.2, 0) is 10.0 Å². The van der Waals surface area contributed by atoms with Crippen LogP contribution in [0.4, 0.5) is 10.8 Å². The van der Waals surface area contributed by atoms with E-state index in [2.05, 4.69) is 15.8 Å². The second-order valence-electron chi connectivity index (χ2n) is 5.30. The van der Waals surface area contributed by atoms with Crippen molar-refractivity contribution in [1.29, 1.82) is 0 Å². The maximum Gasteiger partial charge on any atom is 0.249 e. The van der Waals surface area contributed by atoms with Gasteiger partial charge in [-0.05, 0) is 43.6 Å². The van der Waals surface area contributed by atoms with Gasteiger partial charge >= 0.3 is 0 Å². The van der Waals surface area contributed by atoms with Crippen LogP contribution in [0.15, 0.2) is 16.5 Å². The predicted octanol–water partition coefficient (Wildman–Crippen LogP) is 2.28. The van der Waals surface area contributed by atoms with Gasteiger partial charge in [-0.15, -0.1) is 0 Å². The molecule has 0 radical (unpaired) electrons. The van der Waals surface area contributed by atoms with Crippen molar-refractivity contribution in [3.8, 4) is 0 Å². The molecule has 0 spiro atoms. The molecule has 8 heteroatoms. The summed E-state index contributed by atoms with van der Waals surface area (Å²) in [7, 11) is -0.593. The first-order valence-corrected chi connectivity index (χ1v) is 9.23. The van der Waals surface area contributed by atoms with Gasteiger partial charge in [-0.2, -0.15) is 4.37 Å². The van der Waals surface area contributed by atoms with E-state index < -0.39 is 10.0 Å². The Bertz CT molecular complexity index is 620. The standard InChI is InChI=1S/C13H22N4O2S2/c1-17(2)21(18,19)11-12(14)16-20-13(11)15-9-8-10-6-4-3-5-7-10/h6,15H,3-5,7-9H2,1-2H3,(H2,14,16). The molecule has 1 aliphatic rings. The van der Waals surface area contributed by atoms with Crippen molar-refractivity contribution in [2.24, 2.45) is 0 Å². The van der Waals surface area contributed by atoms with Crippen LogP contribution in [0, 0.1) is 0 Å². The summed E-state index contributed by atoms with van der Waals surface area (Å²) in [5, 5.41) is 3.70. The molecule has 0 unspecified atom stereocenters. The van der Waals surface area contributed by atoms with E-state index in [1.807, 2.05) is 0 Å². The molecule has 21 heavy (non-hydrogen) atoms. The van der Waals surface area contributed by atoms with Crippen LogP contribution in [0.25, 0.3) is 0 Å². The number of hydrogen-bond donors (Lipinski definition) is 2. The Balaban J connectivity index is 2.06. The number of rotatable bonds is 6. The second-order valence-corrected chi connectivity index (χ2v) is 8.16. The molecule has 0 aliphatic heterocycles. The topological polar surface area (TPSA) is 88.3 Å². The van der Waals surface area contributed by atoms with Gasteiger partial charge < -0.3 is 11.1 Å². The minimum atomic E-state index is -3.57. The highest BCUT2D eigenvalue weighted by Crippen LogP contribution is 2.33. The van der Waals surface area contributed by atoms with Gasteiger partial charge in [0.1, 0.15) is 5.00 Å². The minimum absolute atomic E-state index is 0.0630. The summed E-state index contributed by atoms with van der Waals surface area (Å²) < 4.78 is 29.6. The number of hydrogen-bond acceptors (Lipinski definition) is 6. The van der Waals surface area contributed by atoms with E-state index in [4.69, 9.17) is 5.73 Å². The number of nitrogens with two attached hydrogens (primary N) is 1. The monoisotopic (exact) mass is 330 g/mol. The van der Waals surface area contributed by atoms with Gasteiger partial charge in [0, 0.05) is 20.6 Å². The van der Waals surface area contributed by atoms with Crippen LogP contribution >= 0.6 is 11.5 Å². The second kappa shape index (κ2) is 6.76. The van der Waals surface area contributed by atoms with E-state index in [1.165, 1.54) is 32.5 Å². The van der Waals surface area contributed by atoms with Crippen LogP contribution in [0.3, 0.4) is 0 Å². The summed E-state index contributed by atoms with van der Waals surface area (Å²) in [5.74, 6) is 0.0630. The third-order valence-electron chi connectivity index (χ3n) is 3.53. The van der Waals surface area contributed by atoms with Crippen LogP contribution in [0.1, 0.15) is 32.1 Å². The molecule has 0 saturated heterocycles. The number of allylic oxidation sites excluding steroid dienone is 1. The Morgan fingerprint density at radius 2 is 2.19 bits per heavy atom. The molecule has 0 saturated carbocycles. The molecule has 1 heterocycles. The predicted molar refractivity (Wildman–Crippen MR) is 87.1 cm³/mol. The number of nitrogen functional groups attached to an aromatic ring is 1. The SMILES string of the molecule is CN(C)S(=O)(=O)c1c(N)nsc1NCCC1=CCCCC1. The molecule has 0 bridgehead atoms. The average Bonchev–Trinajstić information content (AvgIpc) is 2.81. The van der Waals surface area contributed by atoms with E-state index in [9.17, 15) is 8.42 Å². The molecule has 1 aliphatic carbocycles. The first kappa shape index (κ1) is 16.3. The number of nitrogens with zero attached hydrogens (tertiary/aromatic N) is 2. The zero-order valence-electron chi connectivity index (χ0n) is 12.4. The van der Waals surface area contributed by atoms with E-state index in [0.29, 0.717) is 11.5 Å². The summed E-state index contributed by atoms with van der Waals surface area (Å²) in [4.78, 5) is 0.0927. The maximum atomic E-state index is 12.3. The highest BCUT2D eigenvalue weighted by Gasteiger charge is 2.27. The lowest BCUT2D eigenvalue weighted by molar-refractivity contribution is 0.521. The minimum Gasteiger partial charge on any atom is -0.382 e. The molecule has 3 N–H and O–H groups in total. The van der Waals surface area contributed by atoms with Gasteiger partial charge in [0.05, 0.1) is 0 Å². The summed E-state index contributed by atoms with van der Waals surface area (Å²) in [6.45, 7) is 0.698. The molecule has 2 rings (SSSR count). The number of aromatic nitrogens is 1. The van der Waals surface area contributed by atoms with Crippen molar-refractivity contribution in [2.75, 3.05) is 31.7 Å². The summed E-state index contributed by atoms with van der Waals surface area (Å²) in [5.41, 5.74) is 7.17. The highest BCUT2D eigenvalue weighted by atomic mass is 32.2. The van der Waals surface area contributed by atoms with Crippen molar-refractivity contribution < 1.29 is 8.42 Å². The Hall–Kier alpha value is -1.12. The number of nitrogens with one attached hydrogen (secondary N) is 1. The van der Waals surface area contributed by atoms with Crippen molar-refractivity contribution in [2.45, 2.75) is 37.0 Å². The van der Waals surface area contributed by atoms with Crippen LogP contribution in [0.5, 0.6) is 0 Å². The van der Waals surface area contributed by atoms with Gasteiger partial charge in [0.15, 0.2) is 10.7 Å². The van der Waals surface area contributed by atoms with Crippen molar-refractivity contribution in [1.82, 2.24) is 8.68 Å². The van der Waals surface area contributed by atoms with Crippen LogP contribution in [0.2, 0.25) is 0 Å². The fraction of sp³-hybridized carbons (Fsp3) is 0.615. The molecular formula is C13H22N4O2S2. The fourth-order valence-corrected chi connectivity index (χ4v) is 4.41. The quantitative estimate of drug-likeness (QED) is 0.781. The third-order valence-corrected chi connectivity index (χ3v) is 6.37. The maximum absolute atomic E-state index is 12.3. The molecular weight excluding hydrogens is 308 g/mol. The lowest BCUT2D eigenvalue weighted by Gasteiger charge is -2.15. The van der Waals surface area contributed by atoms with E-state index in [0.717, 1.165) is 35.1 Å². The molecule has 6 nitrogen and oxygen atoms in total. The Labute approximate surface area is 130 Å². The Morgan fingerprint density at radius 1 is 1.43 bits per heavy atom. The molecule has 1 aromatic rings. The lowest BCUT2D eigenvalue weighted by Crippen LogP contribution is -2.23. The largest absolute Gasteiger partial charge is 0.382 e. The fourth-order valence-electron chi connectivity index (χ4n) is 2.31. The summed E-state index contributed by atoms with van der Waals surface area (Å²) >= 11 is 1.10. The van der Waals surface area contributed by atoms with Gasteiger partial charge in [0.25, 0.3) is 0 Å². The summed E-state index contributed by atoms with van der Waals surface area (Å²) in [6, 6.07) is 0. The Kier molecular flexibility index (Phi) is 5.23. The van der Waals surface area contributed by atoms with E-state index in [-0.39, 0.29) is 10.7 Å². The van der Waals surface area contributed by atoms with Crippen LogP contribution < -0.4 is 11.1 Å².